The highest BCUT2D eigenvalue weighted by atomic mass is 32.1. The van der Waals surface area contributed by atoms with Crippen LogP contribution in [0.3, 0.4) is 0 Å². The third-order valence-corrected chi connectivity index (χ3v) is 3.56. The number of aryl methyl sites for hydroxylation is 1. The molecule has 3 aromatic rings. The molecule has 0 amide bonds. The van der Waals surface area contributed by atoms with Crippen molar-refractivity contribution in [3.05, 3.63) is 40.9 Å². The fourth-order valence-corrected chi connectivity index (χ4v) is 2.66. The highest BCUT2D eigenvalue weighted by Crippen LogP contribution is 2.26. The highest BCUT2D eigenvalue weighted by Gasteiger charge is 2.11. The van der Waals surface area contributed by atoms with Gasteiger partial charge in [-0.15, -0.1) is 0 Å². The van der Waals surface area contributed by atoms with Crippen molar-refractivity contribution < 1.29 is 4.74 Å². The Kier molecular flexibility index (Phi) is 3.55. The van der Waals surface area contributed by atoms with Crippen molar-refractivity contribution in [1.29, 1.82) is 0 Å². The van der Waals surface area contributed by atoms with Crippen molar-refractivity contribution in [3.63, 3.8) is 0 Å². The Labute approximate surface area is 128 Å². The average Bonchev–Trinajstić information content (AvgIpc) is 2.96. The Hall–Kier alpha value is -2.08. The van der Waals surface area contributed by atoms with Crippen LogP contribution in [0.25, 0.3) is 11.0 Å². The second-order valence-corrected chi connectivity index (χ2v) is 5.74. The predicted octanol–water partition coefficient (Wildman–Crippen LogP) is 3.27. The van der Waals surface area contributed by atoms with E-state index in [0.29, 0.717) is 11.3 Å². The van der Waals surface area contributed by atoms with Crippen molar-refractivity contribution in [2.75, 3.05) is 0 Å². The zero-order valence-electron chi connectivity index (χ0n) is 12.3. The van der Waals surface area contributed by atoms with E-state index in [4.69, 9.17) is 17.0 Å². The second-order valence-electron chi connectivity index (χ2n) is 5.36. The van der Waals surface area contributed by atoms with Crippen molar-refractivity contribution >= 4 is 23.3 Å². The molecule has 2 heterocycles. The summed E-state index contributed by atoms with van der Waals surface area (Å²) >= 11 is 5.46. The van der Waals surface area contributed by atoms with E-state index in [-0.39, 0.29) is 6.10 Å². The molecule has 2 aromatic heterocycles. The molecule has 0 spiro atoms. The van der Waals surface area contributed by atoms with E-state index in [1.165, 1.54) is 0 Å². The minimum Gasteiger partial charge on any atom is -0.489 e. The van der Waals surface area contributed by atoms with Crippen LogP contribution < -0.4 is 4.74 Å². The number of imidazole rings is 1. The topological polar surface area (TPSA) is 47.8 Å². The van der Waals surface area contributed by atoms with Crippen molar-refractivity contribution in [1.82, 2.24) is 19.3 Å². The van der Waals surface area contributed by atoms with Gasteiger partial charge in [-0.05, 0) is 38.2 Å². The molecule has 0 atom stereocenters. The van der Waals surface area contributed by atoms with Crippen molar-refractivity contribution in [2.24, 2.45) is 7.05 Å². The summed E-state index contributed by atoms with van der Waals surface area (Å²) in [5.74, 6) is 0.832. The number of nitrogens with one attached hydrogen (secondary N) is 1. The molecule has 0 fully saturated rings. The average molecular weight is 302 g/mol. The first kappa shape index (κ1) is 13.9. The number of fused-ring (bicyclic) bond motifs is 1. The van der Waals surface area contributed by atoms with Gasteiger partial charge in [0, 0.05) is 18.8 Å². The van der Waals surface area contributed by atoms with E-state index in [0.717, 1.165) is 22.3 Å². The smallest absolute Gasteiger partial charge is 0.178 e. The summed E-state index contributed by atoms with van der Waals surface area (Å²) < 4.78 is 10.4. The Bertz CT molecular complexity index is 828. The number of aromatic nitrogens is 4. The minimum absolute atomic E-state index is 0.124. The molecule has 1 aromatic carbocycles. The van der Waals surface area contributed by atoms with Crippen LogP contribution in [-0.4, -0.2) is 25.4 Å². The summed E-state index contributed by atoms with van der Waals surface area (Å²) in [6.07, 6.45) is 3.98. The number of H-pyrrole nitrogens is 1. The molecule has 0 saturated carbocycles. The molecule has 3 rings (SSSR count). The molecule has 0 unspecified atom stereocenters. The quantitative estimate of drug-likeness (QED) is 0.752. The molecule has 0 aliphatic carbocycles. The van der Waals surface area contributed by atoms with E-state index in [9.17, 15) is 0 Å². The van der Waals surface area contributed by atoms with E-state index in [1.807, 2.05) is 51.5 Å². The number of hydrogen-bond donors (Lipinski definition) is 1. The second kappa shape index (κ2) is 5.37. The zero-order chi connectivity index (χ0) is 15.0. The predicted molar refractivity (Wildman–Crippen MR) is 85.2 cm³/mol. The number of nitrogens with zero attached hydrogens (tertiary/aromatic N) is 3. The van der Waals surface area contributed by atoms with Gasteiger partial charge in [-0.25, -0.2) is 0 Å². The van der Waals surface area contributed by atoms with Crippen LogP contribution in [0.2, 0.25) is 0 Å². The normalized spacial score (nSPS) is 11.4. The van der Waals surface area contributed by atoms with Crippen LogP contribution in [0.15, 0.2) is 30.6 Å². The van der Waals surface area contributed by atoms with Gasteiger partial charge < -0.3 is 14.3 Å². The number of ether oxygens (including phenoxy) is 1. The van der Waals surface area contributed by atoms with Gasteiger partial charge in [0.25, 0.3) is 0 Å². The van der Waals surface area contributed by atoms with E-state index < -0.39 is 0 Å². The van der Waals surface area contributed by atoms with E-state index in [1.54, 1.807) is 4.68 Å². The van der Waals surface area contributed by atoms with Gasteiger partial charge in [0.15, 0.2) is 4.77 Å². The Balaban J connectivity index is 2.07. The SMILES string of the molecule is CC(C)Oc1cccc2c1[nH]c(=S)n2Cc1cnn(C)c1. The number of benzene rings is 1. The molecule has 21 heavy (non-hydrogen) atoms. The standard InChI is InChI=1S/C15H18N4OS/c1-10(2)20-13-6-4-5-12-14(13)17-15(21)19(12)9-11-7-16-18(3)8-11/h4-8,10H,9H2,1-3H3,(H,17,21). The van der Waals surface area contributed by atoms with Gasteiger partial charge in [0.1, 0.15) is 11.3 Å². The van der Waals surface area contributed by atoms with Crippen LogP contribution in [0, 0.1) is 4.77 Å². The largest absolute Gasteiger partial charge is 0.489 e. The van der Waals surface area contributed by atoms with Crippen LogP contribution in [0.4, 0.5) is 0 Å². The third kappa shape index (κ3) is 2.71. The summed E-state index contributed by atoms with van der Waals surface area (Å²) in [6.45, 7) is 4.72. The maximum Gasteiger partial charge on any atom is 0.178 e. The number of rotatable bonds is 4. The summed E-state index contributed by atoms with van der Waals surface area (Å²) in [4.78, 5) is 3.25. The van der Waals surface area contributed by atoms with Crippen LogP contribution in [-0.2, 0) is 13.6 Å². The monoisotopic (exact) mass is 302 g/mol. The molecule has 0 radical (unpaired) electrons. The Morgan fingerprint density at radius 1 is 1.38 bits per heavy atom. The number of aromatic amines is 1. The van der Waals surface area contributed by atoms with Crippen LogP contribution in [0.1, 0.15) is 19.4 Å². The molecule has 5 nitrogen and oxygen atoms in total. The Morgan fingerprint density at radius 3 is 2.86 bits per heavy atom. The fourth-order valence-electron chi connectivity index (χ4n) is 2.40. The molecule has 6 heteroatoms. The molecular weight excluding hydrogens is 284 g/mol. The number of para-hydroxylation sites is 1. The molecule has 0 bridgehead atoms. The van der Waals surface area contributed by atoms with Gasteiger partial charge in [-0.1, -0.05) is 6.07 Å². The molecule has 110 valence electrons. The molecule has 0 aliphatic rings. The van der Waals surface area contributed by atoms with E-state index >= 15 is 0 Å². The summed E-state index contributed by atoms with van der Waals surface area (Å²) in [6, 6.07) is 6.00. The summed E-state index contributed by atoms with van der Waals surface area (Å²) in [5.41, 5.74) is 3.10. The number of hydrogen-bond acceptors (Lipinski definition) is 3. The molecule has 0 saturated heterocycles. The van der Waals surface area contributed by atoms with Gasteiger partial charge in [-0.2, -0.15) is 5.10 Å². The van der Waals surface area contributed by atoms with Gasteiger partial charge >= 0.3 is 0 Å². The van der Waals surface area contributed by atoms with Gasteiger partial charge in [-0.3, -0.25) is 4.68 Å². The Morgan fingerprint density at radius 2 is 2.19 bits per heavy atom. The van der Waals surface area contributed by atoms with Crippen LogP contribution in [0.5, 0.6) is 5.75 Å². The fraction of sp³-hybridized carbons (Fsp3) is 0.333. The molecular formula is C15H18N4OS. The van der Waals surface area contributed by atoms with Gasteiger partial charge in [0.05, 0.1) is 24.4 Å². The first-order valence-corrected chi connectivity index (χ1v) is 7.31. The molecule has 0 aliphatic heterocycles. The van der Waals surface area contributed by atoms with E-state index in [2.05, 4.69) is 14.6 Å². The maximum absolute atomic E-state index is 5.84. The lowest BCUT2D eigenvalue weighted by Gasteiger charge is -2.10. The third-order valence-electron chi connectivity index (χ3n) is 3.23. The first-order valence-electron chi connectivity index (χ1n) is 6.90. The summed E-state index contributed by atoms with van der Waals surface area (Å²) in [7, 11) is 1.91. The lowest BCUT2D eigenvalue weighted by atomic mass is 10.2. The lowest BCUT2D eigenvalue weighted by molar-refractivity contribution is 0.245. The van der Waals surface area contributed by atoms with Crippen molar-refractivity contribution in [2.45, 2.75) is 26.5 Å². The lowest BCUT2D eigenvalue weighted by Crippen LogP contribution is -2.05. The molecule has 1 N–H and O–H groups in total. The minimum atomic E-state index is 0.124. The summed E-state index contributed by atoms with van der Waals surface area (Å²) in [5, 5.41) is 4.20. The van der Waals surface area contributed by atoms with Crippen molar-refractivity contribution in [3.8, 4) is 5.75 Å². The maximum atomic E-state index is 5.84. The highest BCUT2D eigenvalue weighted by molar-refractivity contribution is 7.71. The zero-order valence-corrected chi connectivity index (χ0v) is 13.1. The first-order chi connectivity index (χ1) is 10.0. The van der Waals surface area contributed by atoms with Gasteiger partial charge in [0.2, 0.25) is 0 Å². The van der Waals surface area contributed by atoms with Crippen LogP contribution >= 0.6 is 12.2 Å².